The lowest BCUT2D eigenvalue weighted by molar-refractivity contribution is -0.111. The van der Waals surface area contributed by atoms with Gasteiger partial charge in [0.05, 0.1) is 29.4 Å². The zero-order valence-electron chi connectivity index (χ0n) is 18.3. The molecule has 2 aromatic carbocycles. The molecule has 0 aliphatic carbocycles. The van der Waals surface area contributed by atoms with E-state index < -0.39 is 0 Å². The number of methoxy groups -OCH3 is 1. The predicted octanol–water partition coefficient (Wildman–Crippen LogP) is 4.57. The van der Waals surface area contributed by atoms with Gasteiger partial charge in [0.25, 0.3) is 5.91 Å². The minimum atomic E-state index is -0.366. The van der Waals surface area contributed by atoms with Crippen molar-refractivity contribution < 1.29 is 14.3 Å². The maximum Gasteiger partial charge on any atom is 0.252 e. The van der Waals surface area contributed by atoms with Gasteiger partial charge in [-0.2, -0.15) is 5.10 Å². The van der Waals surface area contributed by atoms with Gasteiger partial charge in [0.15, 0.2) is 0 Å². The van der Waals surface area contributed by atoms with Crippen LogP contribution in [0.1, 0.15) is 27.2 Å². The van der Waals surface area contributed by atoms with Crippen LogP contribution in [-0.2, 0) is 16.1 Å². The van der Waals surface area contributed by atoms with E-state index in [1.807, 2.05) is 37.3 Å². The summed E-state index contributed by atoms with van der Waals surface area (Å²) in [6, 6.07) is 14.5. The van der Waals surface area contributed by atoms with Gasteiger partial charge in [-0.1, -0.05) is 53.5 Å². The third kappa shape index (κ3) is 6.68. The van der Waals surface area contributed by atoms with Gasteiger partial charge in [-0.05, 0) is 36.8 Å². The fourth-order valence-corrected chi connectivity index (χ4v) is 3.66. The van der Waals surface area contributed by atoms with Crippen molar-refractivity contribution in [2.24, 2.45) is 0 Å². The van der Waals surface area contributed by atoms with E-state index in [4.69, 9.17) is 27.9 Å². The number of carbonyl (C=O) groups is 2. The number of hydrogen-bond acceptors (Lipinski definition) is 4. The van der Waals surface area contributed by atoms with Crippen molar-refractivity contribution in [2.75, 3.05) is 25.6 Å². The van der Waals surface area contributed by atoms with Crippen molar-refractivity contribution in [1.82, 2.24) is 15.1 Å². The molecule has 0 saturated heterocycles. The van der Waals surface area contributed by atoms with Gasteiger partial charge in [-0.15, -0.1) is 0 Å². The number of amides is 2. The lowest BCUT2D eigenvalue weighted by Gasteiger charge is -2.08. The highest BCUT2D eigenvalue weighted by atomic mass is 35.5. The van der Waals surface area contributed by atoms with Gasteiger partial charge in [-0.25, -0.2) is 4.68 Å². The fraction of sp³-hybridized carbons (Fsp3) is 0.208. The number of rotatable bonds is 9. The summed E-state index contributed by atoms with van der Waals surface area (Å²) in [6.45, 7) is 3.14. The van der Waals surface area contributed by atoms with Crippen molar-refractivity contribution in [3.63, 3.8) is 0 Å². The second-order valence-corrected chi connectivity index (χ2v) is 7.96. The summed E-state index contributed by atoms with van der Waals surface area (Å²) in [6.07, 6.45) is 3.00. The average molecular weight is 487 g/mol. The molecule has 2 amide bonds. The number of carbonyl (C=O) groups excluding carboxylic acids is 2. The first kappa shape index (κ1) is 24.5. The minimum absolute atomic E-state index is 0.229. The van der Waals surface area contributed by atoms with Crippen LogP contribution in [0.3, 0.4) is 0 Å². The predicted molar refractivity (Wildman–Crippen MR) is 131 cm³/mol. The van der Waals surface area contributed by atoms with E-state index in [1.54, 1.807) is 30.0 Å². The Hall–Kier alpha value is -3.13. The Bertz CT molecular complexity index is 1160. The van der Waals surface area contributed by atoms with Crippen LogP contribution in [0.2, 0.25) is 10.2 Å². The smallest absolute Gasteiger partial charge is 0.252 e. The molecule has 3 aromatic rings. The second-order valence-electron chi connectivity index (χ2n) is 7.20. The summed E-state index contributed by atoms with van der Waals surface area (Å²) in [5, 5.41) is 10.6. The topological polar surface area (TPSA) is 85.2 Å². The summed E-state index contributed by atoms with van der Waals surface area (Å²) in [5.41, 5.74) is 3.24. The van der Waals surface area contributed by atoms with Gasteiger partial charge in [0.2, 0.25) is 5.91 Å². The third-order valence-corrected chi connectivity index (χ3v) is 5.47. The summed E-state index contributed by atoms with van der Waals surface area (Å²) >= 11 is 12.7. The number of nitrogens with one attached hydrogen (secondary N) is 2. The molecule has 0 spiro atoms. The number of anilines is 1. The quantitative estimate of drug-likeness (QED) is 0.342. The van der Waals surface area contributed by atoms with Gasteiger partial charge < -0.3 is 15.4 Å². The van der Waals surface area contributed by atoms with E-state index in [2.05, 4.69) is 15.7 Å². The molecule has 2 N–H and O–H groups in total. The lowest BCUT2D eigenvalue weighted by atomic mass is 10.2. The number of ether oxygens (including phenoxy) is 1. The molecule has 9 heteroatoms. The molecule has 3 rings (SSSR count). The number of nitrogens with zero attached hydrogens (tertiary/aromatic N) is 2. The van der Waals surface area contributed by atoms with Gasteiger partial charge in [0, 0.05) is 31.0 Å². The van der Waals surface area contributed by atoms with Gasteiger partial charge in [-0.3, -0.25) is 9.59 Å². The van der Waals surface area contributed by atoms with E-state index in [9.17, 15) is 9.59 Å². The van der Waals surface area contributed by atoms with Crippen molar-refractivity contribution >= 4 is 46.8 Å². The van der Waals surface area contributed by atoms with E-state index in [1.165, 1.54) is 12.1 Å². The number of aryl methyl sites for hydroxylation is 1. The molecule has 0 atom stereocenters. The second kappa shape index (κ2) is 11.7. The molecule has 0 bridgehead atoms. The summed E-state index contributed by atoms with van der Waals surface area (Å²) < 4.78 is 6.60. The van der Waals surface area contributed by atoms with Crippen LogP contribution in [0.15, 0.2) is 54.6 Å². The molecule has 1 aromatic heterocycles. The van der Waals surface area contributed by atoms with Crippen molar-refractivity contribution in [1.29, 1.82) is 0 Å². The fourth-order valence-electron chi connectivity index (χ4n) is 3.10. The first-order valence-electron chi connectivity index (χ1n) is 10.2. The molecule has 0 unspecified atom stereocenters. The van der Waals surface area contributed by atoms with Crippen LogP contribution in [0.5, 0.6) is 0 Å². The molecule has 0 aliphatic rings. The summed E-state index contributed by atoms with van der Waals surface area (Å²) in [5.74, 6) is -0.679. The van der Waals surface area contributed by atoms with Crippen LogP contribution in [0.4, 0.5) is 5.69 Å². The summed E-state index contributed by atoms with van der Waals surface area (Å²) in [7, 11) is 1.55. The first-order chi connectivity index (χ1) is 15.9. The number of benzene rings is 2. The molecular formula is C24H24Cl2N4O3. The van der Waals surface area contributed by atoms with Crippen LogP contribution in [0, 0.1) is 6.92 Å². The standard InChI is InChI=1S/C24H24Cl2N4O3/c1-16-19(23(26)30(29-16)15-17-6-4-3-5-7-17)10-11-22(31)28-18-8-9-20(21(25)14-18)24(32)27-12-13-33-2/h3-11,14H,12-13,15H2,1-2H3,(H,27,32)(H,28,31). The Balaban J connectivity index is 1.64. The SMILES string of the molecule is COCCNC(=O)c1ccc(NC(=O)C=Cc2c(C)nn(Cc3ccccc3)c2Cl)cc1Cl. The molecular weight excluding hydrogens is 463 g/mol. The van der Waals surface area contributed by atoms with E-state index in [0.717, 1.165) is 5.56 Å². The van der Waals surface area contributed by atoms with Crippen LogP contribution < -0.4 is 10.6 Å². The number of aromatic nitrogens is 2. The maximum absolute atomic E-state index is 12.4. The number of halogens is 2. The molecule has 7 nitrogen and oxygen atoms in total. The molecule has 33 heavy (non-hydrogen) atoms. The highest BCUT2D eigenvalue weighted by Crippen LogP contribution is 2.23. The highest BCUT2D eigenvalue weighted by molar-refractivity contribution is 6.34. The van der Waals surface area contributed by atoms with E-state index in [0.29, 0.717) is 47.4 Å². The molecule has 1 heterocycles. The molecule has 0 saturated carbocycles. The highest BCUT2D eigenvalue weighted by Gasteiger charge is 2.13. The van der Waals surface area contributed by atoms with Gasteiger partial charge in [0.1, 0.15) is 5.15 Å². The zero-order valence-corrected chi connectivity index (χ0v) is 19.8. The summed E-state index contributed by atoms with van der Waals surface area (Å²) in [4.78, 5) is 24.6. The third-order valence-electron chi connectivity index (χ3n) is 4.76. The Kier molecular flexibility index (Phi) is 8.65. The zero-order chi connectivity index (χ0) is 23.8. The Labute approximate surface area is 202 Å². The molecule has 0 aliphatic heterocycles. The van der Waals surface area contributed by atoms with E-state index in [-0.39, 0.29) is 16.8 Å². The first-order valence-corrected chi connectivity index (χ1v) is 11.0. The largest absolute Gasteiger partial charge is 0.383 e. The minimum Gasteiger partial charge on any atom is -0.383 e. The Morgan fingerprint density at radius 3 is 2.61 bits per heavy atom. The Morgan fingerprint density at radius 1 is 1.15 bits per heavy atom. The van der Waals surface area contributed by atoms with E-state index >= 15 is 0 Å². The normalized spacial score (nSPS) is 11.0. The molecule has 0 fully saturated rings. The van der Waals surface area contributed by atoms with Crippen LogP contribution in [0.25, 0.3) is 6.08 Å². The number of hydrogen-bond donors (Lipinski definition) is 2. The average Bonchev–Trinajstić information content (AvgIpc) is 3.05. The maximum atomic E-state index is 12.4. The van der Waals surface area contributed by atoms with Crippen molar-refractivity contribution in [3.05, 3.63) is 87.2 Å². The monoisotopic (exact) mass is 486 g/mol. The van der Waals surface area contributed by atoms with Crippen molar-refractivity contribution in [3.8, 4) is 0 Å². The van der Waals surface area contributed by atoms with Crippen molar-refractivity contribution in [2.45, 2.75) is 13.5 Å². The lowest BCUT2D eigenvalue weighted by Crippen LogP contribution is -2.27. The Morgan fingerprint density at radius 2 is 1.91 bits per heavy atom. The van der Waals surface area contributed by atoms with Crippen LogP contribution in [-0.4, -0.2) is 41.9 Å². The molecule has 0 radical (unpaired) electrons. The molecule has 172 valence electrons. The van der Waals surface area contributed by atoms with Gasteiger partial charge >= 0.3 is 0 Å². The van der Waals surface area contributed by atoms with Crippen LogP contribution >= 0.6 is 23.2 Å².